The van der Waals surface area contributed by atoms with Crippen LogP contribution in [-0.4, -0.2) is 28.5 Å². The number of aliphatic carboxylic acids is 1. The molecule has 0 aliphatic heterocycles. The topological polar surface area (TPSA) is 82.2 Å². The van der Waals surface area contributed by atoms with Gasteiger partial charge in [-0.15, -0.1) is 0 Å². The van der Waals surface area contributed by atoms with Gasteiger partial charge in [0.25, 0.3) is 0 Å². The Kier molecular flexibility index (Phi) is 6.66. The van der Waals surface area contributed by atoms with Crippen LogP contribution in [0.1, 0.15) is 44.1 Å². The number of benzene rings is 1. The second-order valence-corrected chi connectivity index (χ2v) is 5.80. The van der Waals surface area contributed by atoms with Gasteiger partial charge in [0.05, 0.1) is 6.42 Å². The van der Waals surface area contributed by atoms with Crippen molar-refractivity contribution >= 4 is 22.8 Å². The molecule has 1 heterocycles. The Labute approximate surface area is 136 Å². The molecule has 0 bridgehead atoms. The highest BCUT2D eigenvalue weighted by Gasteiger charge is 2.07. The lowest BCUT2D eigenvalue weighted by molar-refractivity contribution is -0.137. The number of amides is 1. The summed E-state index contributed by atoms with van der Waals surface area (Å²) in [4.78, 5) is 25.5. The first-order valence-electron chi connectivity index (χ1n) is 8.20. The van der Waals surface area contributed by atoms with E-state index in [2.05, 4.69) is 10.3 Å². The van der Waals surface area contributed by atoms with E-state index in [0.29, 0.717) is 13.0 Å². The molecule has 124 valence electrons. The highest BCUT2D eigenvalue weighted by Crippen LogP contribution is 2.17. The van der Waals surface area contributed by atoms with Gasteiger partial charge in [-0.3, -0.25) is 9.59 Å². The van der Waals surface area contributed by atoms with Crippen LogP contribution in [0.4, 0.5) is 0 Å². The maximum absolute atomic E-state index is 12.0. The molecule has 0 saturated heterocycles. The normalized spacial score (nSPS) is 10.8. The highest BCUT2D eigenvalue weighted by atomic mass is 16.4. The summed E-state index contributed by atoms with van der Waals surface area (Å²) in [5.41, 5.74) is 2.07. The van der Waals surface area contributed by atoms with Gasteiger partial charge >= 0.3 is 5.97 Å². The first kappa shape index (κ1) is 17.1. The molecule has 2 aromatic rings. The minimum atomic E-state index is -0.727. The third-order valence-electron chi connectivity index (χ3n) is 3.92. The fraction of sp³-hybridized carbons (Fsp3) is 0.444. The minimum absolute atomic E-state index is 0.0423. The number of H-pyrrole nitrogens is 1. The molecule has 5 heteroatoms. The number of para-hydroxylation sites is 1. The van der Waals surface area contributed by atoms with Crippen LogP contribution in [-0.2, 0) is 16.0 Å². The molecular formula is C18H24N2O3. The van der Waals surface area contributed by atoms with Gasteiger partial charge in [0.1, 0.15) is 0 Å². The zero-order valence-corrected chi connectivity index (χ0v) is 13.3. The average Bonchev–Trinajstić information content (AvgIpc) is 2.93. The first-order chi connectivity index (χ1) is 11.2. The van der Waals surface area contributed by atoms with Crippen LogP contribution in [0.2, 0.25) is 0 Å². The molecule has 1 aromatic carbocycles. The molecule has 0 radical (unpaired) electrons. The number of carboxylic acids is 1. The maximum atomic E-state index is 12.0. The lowest BCUT2D eigenvalue weighted by Gasteiger charge is -2.05. The number of unbranched alkanes of at least 4 members (excludes halogenated alkanes) is 4. The second-order valence-electron chi connectivity index (χ2n) is 5.80. The predicted molar refractivity (Wildman–Crippen MR) is 90.4 cm³/mol. The van der Waals surface area contributed by atoms with E-state index in [1.165, 1.54) is 0 Å². The monoisotopic (exact) mass is 316 g/mol. The smallest absolute Gasteiger partial charge is 0.303 e. The van der Waals surface area contributed by atoms with Gasteiger partial charge in [0.15, 0.2) is 0 Å². The van der Waals surface area contributed by atoms with Crippen molar-refractivity contribution in [2.24, 2.45) is 0 Å². The number of carbonyl (C=O) groups is 2. The fourth-order valence-electron chi connectivity index (χ4n) is 2.67. The quantitative estimate of drug-likeness (QED) is 0.588. The predicted octanol–water partition coefficient (Wildman–Crippen LogP) is 3.25. The van der Waals surface area contributed by atoms with E-state index in [1.54, 1.807) is 0 Å². The number of fused-ring (bicyclic) bond motifs is 1. The van der Waals surface area contributed by atoms with Crippen molar-refractivity contribution in [2.45, 2.75) is 44.9 Å². The summed E-state index contributed by atoms with van der Waals surface area (Å²) < 4.78 is 0. The van der Waals surface area contributed by atoms with Gasteiger partial charge in [-0.1, -0.05) is 37.5 Å². The van der Waals surface area contributed by atoms with Crippen LogP contribution in [0.15, 0.2) is 30.5 Å². The van der Waals surface area contributed by atoms with E-state index in [9.17, 15) is 9.59 Å². The highest BCUT2D eigenvalue weighted by molar-refractivity contribution is 5.88. The lowest BCUT2D eigenvalue weighted by atomic mass is 10.1. The number of hydrogen-bond donors (Lipinski definition) is 3. The Hall–Kier alpha value is -2.30. The molecular weight excluding hydrogens is 292 g/mol. The number of carbonyl (C=O) groups excluding carboxylic acids is 1. The molecule has 0 atom stereocenters. The molecule has 0 fully saturated rings. The number of nitrogens with one attached hydrogen (secondary N) is 2. The summed E-state index contributed by atoms with van der Waals surface area (Å²) in [5, 5.41) is 12.6. The van der Waals surface area contributed by atoms with Gasteiger partial charge in [-0.25, -0.2) is 0 Å². The summed E-state index contributed by atoms with van der Waals surface area (Å²) in [5.74, 6) is -0.685. The third kappa shape index (κ3) is 5.77. The summed E-state index contributed by atoms with van der Waals surface area (Å²) >= 11 is 0. The van der Waals surface area contributed by atoms with Crippen molar-refractivity contribution in [3.05, 3.63) is 36.0 Å². The number of carboxylic acid groups (broad SMARTS) is 1. The van der Waals surface area contributed by atoms with Gasteiger partial charge in [0, 0.05) is 30.1 Å². The molecule has 0 spiro atoms. The Balaban J connectivity index is 1.59. The lowest BCUT2D eigenvalue weighted by Crippen LogP contribution is -2.25. The van der Waals surface area contributed by atoms with E-state index < -0.39 is 5.97 Å². The largest absolute Gasteiger partial charge is 0.481 e. The van der Waals surface area contributed by atoms with E-state index in [0.717, 1.165) is 48.6 Å². The molecule has 0 saturated carbocycles. The van der Waals surface area contributed by atoms with Gasteiger partial charge < -0.3 is 15.4 Å². The number of hydrogen-bond acceptors (Lipinski definition) is 2. The van der Waals surface area contributed by atoms with E-state index in [1.807, 2.05) is 30.5 Å². The van der Waals surface area contributed by atoms with Gasteiger partial charge in [-0.05, 0) is 24.5 Å². The molecule has 5 nitrogen and oxygen atoms in total. The Morgan fingerprint density at radius 2 is 1.78 bits per heavy atom. The van der Waals surface area contributed by atoms with Crippen LogP contribution < -0.4 is 5.32 Å². The Morgan fingerprint density at radius 1 is 1.04 bits per heavy atom. The molecule has 0 aliphatic carbocycles. The summed E-state index contributed by atoms with van der Waals surface area (Å²) in [6.07, 6.45) is 7.19. The standard InChI is InChI=1S/C18H24N2O3/c21-17(19-11-7-3-1-2-4-10-18(22)23)12-14-13-20-16-9-6-5-8-15(14)16/h5-6,8-9,13,20H,1-4,7,10-12H2,(H,19,21)(H,22,23). The van der Waals surface area contributed by atoms with Crippen molar-refractivity contribution in [2.75, 3.05) is 6.54 Å². The van der Waals surface area contributed by atoms with Crippen molar-refractivity contribution in [3.63, 3.8) is 0 Å². The first-order valence-corrected chi connectivity index (χ1v) is 8.20. The fourth-order valence-corrected chi connectivity index (χ4v) is 2.67. The van der Waals surface area contributed by atoms with Crippen molar-refractivity contribution in [1.29, 1.82) is 0 Å². The zero-order valence-electron chi connectivity index (χ0n) is 13.3. The Morgan fingerprint density at radius 3 is 2.61 bits per heavy atom. The van der Waals surface area contributed by atoms with Crippen LogP contribution in [0, 0.1) is 0 Å². The molecule has 23 heavy (non-hydrogen) atoms. The molecule has 2 rings (SSSR count). The number of aromatic nitrogens is 1. The van der Waals surface area contributed by atoms with Gasteiger partial charge in [0.2, 0.25) is 5.91 Å². The SMILES string of the molecule is O=C(O)CCCCCCCNC(=O)Cc1c[nH]c2ccccc12. The van der Waals surface area contributed by atoms with E-state index >= 15 is 0 Å². The van der Waals surface area contributed by atoms with Gasteiger partial charge in [-0.2, -0.15) is 0 Å². The average molecular weight is 316 g/mol. The maximum Gasteiger partial charge on any atom is 0.303 e. The molecule has 0 unspecified atom stereocenters. The third-order valence-corrected chi connectivity index (χ3v) is 3.92. The van der Waals surface area contributed by atoms with Crippen LogP contribution in [0.25, 0.3) is 10.9 Å². The summed E-state index contributed by atoms with van der Waals surface area (Å²) in [6.45, 7) is 0.681. The van der Waals surface area contributed by atoms with E-state index in [4.69, 9.17) is 5.11 Å². The summed E-state index contributed by atoms with van der Waals surface area (Å²) in [7, 11) is 0. The molecule has 0 aliphatic rings. The molecule has 1 amide bonds. The zero-order chi connectivity index (χ0) is 16.5. The van der Waals surface area contributed by atoms with Crippen LogP contribution in [0.3, 0.4) is 0 Å². The van der Waals surface area contributed by atoms with Crippen molar-refractivity contribution in [3.8, 4) is 0 Å². The van der Waals surface area contributed by atoms with Crippen molar-refractivity contribution in [1.82, 2.24) is 10.3 Å². The Bertz CT molecular complexity index is 649. The minimum Gasteiger partial charge on any atom is -0.481 e. The van der Waals surface area contributed by atoms with Crippen LogP contribution >= 0.6 is 0 Å². The van der Waals surface area contributed by atoms with Crippen LogP contribution in [0.5, 0.6) is 0 Å². The molecule has 1 aromatic heterocycles. The van der Waals surface area contributed by atoms with Crippen molar-refractivity contribution < 1.29 is 14.7 Å². The molecule has 3 N–H and O–H groups in total. The number of rotatable bonds is 10. The second kappa shape index (κ2) is 8.98. The number of aromatic amines is 1. The summed E-state index contributed by atoms with van der Waals surface area (Å²) in [6, 6.07) is 7.97. The van der Waals surface area contributed by atoms with E-state index in [-0.39, 0.29) is 12.3 Å².